The van der Waals surface area contributed by atoms with Gasteiger partial charge in [0.05, 0.1) is 0 Å². The van der Waals surface area contributed by atoms with E-state index in [4.69, 9.17) is 0 Å². The van der Waals surface area contributed by atoms with Crippen LogP contribution >= 0.6 is 0 Å². The minimum atomic E-state index is -0.185. The number of fused-ring (bicyclic) bond motifs is 1. The molecule has 0 amide bonds. The van der Waals surface area contributed by atoms with Gasteiger partial charge in [0.1, 0.15) is 5.82 Å². The summed E-state index contributed by atoms with van der Waals surface area (Å²) in [5.74, 6) is -0.185. The Bertz CT molecular complexity index is 763. The zero-order valence-corrected chi connectivity index (χ0v) is 11.9. The molecule has 0 aliphatic carbocycles. The third kappa shape index (κ3) is 2.78. The van der Waals surface area contributed by atoms with E-state index >= 15 is 0 Å². The molecule has 0 fully saturated rings. The summed E-state index contributed by atoms with van der Waals surface area (Å²) in [6.45, 7) is 3.60. The molecule has 0 saturated carbocycles. The molecular formula is C18H17FN2. The maximum absolute atomic E-state index is 14.4. The molecule has 1 N–H and O–H groups in total. The molecule has 3 rings (SSSR count). The third-order valence-electron chi connectivity index (χ3n) is 3.58. The average molecular weight is 280 g/mol. The monoisotopic (exact) mass is 280 g/mol. The van der Waals surface area contributed by atoms with Gasteiger partial charge in [-0.25, -0.2) is 4.39 Å². The summed E-state index contributed by atoms with van der Waals surface area (Å²) in [7, 11) is 0. The molecule has 21 heavy (non-hydrogen) atoms. The number of nitrogens with one attached hydrogen (secondary N) is 1. The molecule has 106 valence electrons. The van der Waals surface area contributed by atoms with Crippen molar-refractivity contribution in [3.8, 4) is 11.1 Å². The molecule has 0 radical (unpaired) electrons. The lowest BCUT2D eigenvalue weighted by atomic mass is 9.98. The molecule has 0 bridgehead atoms. The molecule has 0 saturated heterocycles. The zero-order valence-electron chi connectivity index (χ0n) is 11.9. The summed E-state index contributed by atoms with van der Waals surface area (Å²) in [4.78, 5) is 4.12. The number of aromatic nitrogens is 1. The van der Waals surface area contributed by atoms with Gasteiger partial charge in [-0.3, -0.25) is 4.98 Å². The second-order valence-electron chi connectivity index (χ2n) is 5.00. The molecule has 2 aromatic carbocycles. The van der Waals surface area contributed by atoms with Crippen LogP contribution in [-0.2, 0) is 6.54 Å². The molecule has 3 aromatic rings. The molecule has 0 spiro atoms. The lowest BCUT2D eigenvalue weighted by Crippen LogP contribution is -2.11. The highest BCUT2D eigenvalue weighted by atomic mass is 19.1. The van der Waals surface area contributed by atoms with E-state index in [9.17, 15) is 4.39 Å². The summed E-state index contributed by atoms with van der Waals surface area (Å²) >= 11 is 0. The highest BCUT2D eigenvalue weighted by Gasteiger charge is 2.09. The van der Waals surface area contributed by atoms with Gasteiger partial charge in [-0.2, -0.15) is 0 Å². The van der Waals surface area contributed by atoms with E-state index in [1.165, 1.54) is 0 Å². The van der Waals surface area contributed by atoms with Crippen LogP contribution in [0.1, 0.15) is 12.5 Å². The molecule has 0 aliphatic rings. The van der Waals surface area contributed by atoms with E-state index in [-0.39, 0.29) is 5.82 Å². The Morgan fingerprint density at radius 1 is 1.10 bits per heavy atom. The predicted octanol–water partition coefficient (Wildman–Crippen LogP) is 4.15. The second-order valence-corrected chi connectivity index (χ2v) is 5.00. The van der Waals surface area contributed by atoms with Crippen LogP contribution in [0.4, 0.5) is 4.39 Å². The zero-order chi connectivity index (χ0) is 14.7. The Hall–Kier alpha value is -2.26. The van der Waals surface area contributed by atoms with Gasteiger partial charge in [0.15, 0.2) is 0 Å². The van der Waals surface area contributed by atoms with Crippen LogP contribution < -0.4 is 5.32 Å². The number of nitrogens with zero attached hydrogens (tertiary/aromatic N) is 1. The van der Waals surface area contributed by atoms with Crippen molar-refractivity contribution in [2.75, 3.05) is 6.54 Å². The predicted molar refractivity (Wildman–Crippen MR) is 84.5 cm³/mol. The van der Waals surface area contributed by atoms with Gasteiger partial charge in [0.25, 0.3) is 0 Å². The Balaban J connectivity index is 2.06. The first-order chi connectivity index (χ1) is 10.3. The molecule has 0 unspecified atom stereocenters. The number of benzene rings is 2. The summed E-state index contributed by atoms with van der Waals surface area (Å²) in [5.41, 5.74) is 2.49. The quantitative estimate of drug-likeness (QED) is 0.776. The summed E-state index contributed by atoms with van der Waals surface area (Å²) in [6, 6.07) is 13.2. The minimum Gasteiger partial charge on any atom is -0.313 e. The van der Waals surface area contributed by atoms with Crippen LogP contribution in [-0.4, -0.2) is 11.5 Å². The van der Waals surface area contributed by atoms with Gasteiger partial charge >= 0.3 is 0 Å². The van der Waals surface area contributed by atoms with Gasteiger partial charge in [0, 0.05) is 29.9 Å². The van der Waals surface area contributed by atoms with Crippen molar-refractivity contribution in [1.82, 2.24) is 10.3 Å². The van der Waals surface area contributed by atoms with Crippen LogP contribution in [0, 0.1) is 5.82 Å². The maximum Gasteiger partial charge on any atom is 0.131 e. The van der Waals surface area contributed by atoms with E-state index < -0.39 is 0 Å². The SMILES string of the molecule is CCNCc1ccc(-c2cccc3cnccc23)c(F)c1. The van der Waals surface area contributed by atoms with E-state index in [0.29, 0.717) is 12.1 Å². The maximum atomic E-state index is 14.4. The second kappa shape index (κ2) is 6.02. The van der Waals surface area contributed by atoms with Crippen LogP contribution in [0.15, 0.2) is 54.9 Å². The largest absolute Gasteiger partial charge is 0.313 e. The third-order valence-corrected chi connectivity index (χ3v) is 3.58. The standard InChI is InChI=1S/C18H17FN2/c1-2-20-11-13-6-7-17(18(19)10-13)16-5-3-4-14-12-21-9-8-15(14)16/h3-10,12,20H,2,11H2,1H3. The number of halogens is 1. The number of pyridine rings is 1. The highest BCUT2D eigenvalue weighted by molar-refractivity contribution is 5.96. The van der Waals surface area contributed by atoms with Gasteiger partial charge in [0.2, 0.25) is 0 Å². The first kappa shape index (κ1) is 13.7. The van der Waals surface area contributed by atoms with Crippen molar-refractivity contribution in [3.63, 3.8) is 0 Å². The Morgan fingerprint density at radius 3 is 2.81 bits per heavy atom. The van der Waals surface area contributed by atoms with Crippen molar-refractivity contribution in [1.29, 1.82) is 0 Å². The Kier molecular flexibility index (Phi) is 3.93. The first-order valence-corrected chi connectivity index (χ1v) is 7.12. The molecular weight excluding hydrogens is 263 g/mol. The fourth-order valence-corrected chi connectivity index (χ4v) is 2.51. The summed E-state index contributed by atoms with van der Waals surface area (Å²) in [5, 5.41) is 5.24. The lowest BCUT2D eigenvalue weighted by Gasteiger charge is -2.09. The van der Waals surface area contributed by atoms with Gasteiger partial charge in [-0.1, -0.05) is 37.3 Å². The van der Waals surface area contributed by atoms with E-state index in [2.05, 4.69) is 10.3 Å². The van der Waals surface area contributed by atoms with Crippen LogP contribution in [0.25, 0.3) is 21.9 Å². The molecule has 0 atom stereocenters. The number of hydrogen-bond donors (Lipinski definition) is 1. The smallest absolute Gasteiger partial charge is 0.131 e. The van der Waals surface area contributed by atoms with E-state index in [1.807, 2.05) is 43.3 Å². The van der Waals surface area contributed by atoms with Crippen LogP contribution in [0.3, 0.4) is 0 Å². The van der Waals surface area contributed by atoms with E-state index in [0.717, 1.165) is 28.4 Å². The Labute approximate surface area is 123 Å². The number of hydrogen-bond acceptors (Lipinski definition) is 2. The van der Waals surface area contributed by atoms with Crippen molar-refractivity contribution in [2.24, 2.45) is 0 Å². The topological polar surface area (TPSA) is 24.9 Å². The summed E-state index contributed by atoms with van der Waals surface area (Å²) < 4.78 is 14.4. The van der Waals surface area contributed by atoms with Gasteiger partial charge < -0.3 is 5.32 Å². The van der Waals surface area contributed by atoms with Gasteiger partial charge in [-0.15, -0.1) is 0 Å². The van der Waals surface area contributed by atoms with Crippen molar-refractivity contribution < 1.29 is 4.39 Å². The normalized spacial score (nSPS) is 11.0. The van der Waals surface area contributed by atoms with E-state index in [1.54, 1.807) is 18.5 Å². The van der Waals surface area contributed by atoms with Crippen molar-refractivity contribution in [3.05, 3.63) is 66.2 Å². The average Bonchev–Trinajstić information content (AvgIpc) is 2.53. The first-order valence-electron chi connectivity index (χ1n) is 7.12. The molecule has 0 aliphatic heterocycles. The molecule has 1 heterocycles. The fourth-order valence-electron chi connectivity index (χ4n) is 2.51. The van der Waals surface area contributed by atoms with Crippen molar-refractivity contribution >= 4 is 10.8 Å². The van der Waals surface area contributed by atoms with Crippen molar-refractivity contribution in [2.45, 2.75) is 13.5 Å². The number of rotatable bonds is 4. The highest BCUT2D eigenvalue weighted by Crippen LogP contribution is 2.30. The Morgan fingerprint density at radius 2 is 2.00 bits per heavy atom. The minimum absolute atomic E-state index is 0.185. The van der Waals surface area contributed by atoms with Gasteiger partial charge in [-0.05, 0) is 35.2 Å². The molecule has 2 nitrogen and oxygen atoms in total. The molecule has 3 heteroatoms. The fraction of sp³-hybridized carbons (Fsp3) is 0.167. The van der Waals surface area contributed by atoms with Crippen LogP contribution in [0.2, 0.25) is 0 Å². The lowest BCUT2D eigenvalue weighted by molar-refractivity contribution is 0.625. The van der Waals surface area contributed by atoms with Crippen LogP contribution in [0.5, 0.6) is 0 Å². The molecule has 1 aromatic heterocycles. The summed E-state index contributed by atoms with van der Waals surface area (Å²) in [6.07, 6.45) is 3.54.